The van der Waals surface area contributed by atoms with Gasteiger partial charge in [0, 0.05) is 34.9 Å². The minimum atomic E-state index is 0.915. The van der Waals surface area contributed by atoms with E-state index < -0.39 is 0 Å². The summed E-state index contributed by atoms with van der Waals surface area (Å²) in [6.45, 7) is 0. The van der Waals surface area contributed by atoms with Crippen molar-refractivity contribution in [1.29, 1.82) is 0 Å². The van der Waals surface area contributed by atoms with Crippen molar-refractivity contribution in [2.24, 2.45) is 11.8 Å². The molecular weight excluding hydrogens is 369 g/mol. The van der Waals surface area contributed by atoms with Crippen LogP contribution in [-0.4, -0.2) is 15.2 Å². The Hall–Kier alpha value is 0.690. The van der Waals surface area contributed by atoms with E-state index in [1.807, 2.05) is 0 Å². The summed E-state index contributed by atoms with van der Waals surface area (Å²) in [6.07, 6.45) is 22.5. The topological polar surface area (TPSA) is 3.24 Å². The number of fused-ring (bicyclic) bond motifs is 3. The zero-order chi connectivity index (χ0) is 14.5. The largest absolute Gasteiger partial charge is 0.241 e. The minimum Gasteiger partial charge on any atom is -0.241 e. The van der Waals surface area contributed by atoms with Crippen molar-refractivity contribution in [3.63, 3.8) is 0 Å². The zero-order valence-electron chi connectivity index (χ0n) is 13.7. The van der Waals surface area contributed by atoms with Crippen molar-refractivity contribution in [3.8, 4) is 0 Å². The number of nitrogens with zero attached hydrogens (tertiary/aromatic N) is 1. The van der Waals surface area contributed by atoms with Crippen LogP contribution in [0.2, 0.25) is 0 Å². The molecule has 0 aromatic rings. The average Bonchev–Trinajstić information content (AvgIpc) is 2.81. The second-order valence-electron chi connectivity index (χ2n) is 7.85. The van der Waals surface area contributed by atoms with E-state index in [9.17, 15) is 0 Å². The standard InChI is InChI=1S/C19H34IN/c20-21-18-14-10-6-2-1-4-8-12-16(18)17-13-9-5-3-7-11-15-19(17)21/h16-19H,1-15H2. The van der Waals surface area contributed by atoms with Gasteiger partial charge in [0.2, 0.25) is 0 Å². The maximum absolute atomic E-state index is 2.83. The van der Waals surface area contributed by atoms with Crippen molar-refractivity contribution < 1.29 is 0 Å². The van der Waals surface area contributed by atoms with Gasteiger partial charge in [0.05, 0.1) is 0 Å². The molecule has 0 amide bonds. The van der Waals surface area contributed by atoms with Crippen LogP contribution in [0, 0.1) is 11.8 Å². The summed E-state index contributed by atoms with van der Waals surface area (Å²) in [7, 11) is 0. The predicted octanol–water partition coefficient (Wildman–Crippen LogP) is 6.50. The van der Waals surface area contributed by atoms with Gasteiger partial charge in [0.1, 0.15) is 0 Å². The molecule has 0 N–H and O–H groups in total. The molecule has 122 valence electrons. The van der Waals surface area contributed by atoms with Crippen LogP contribution in [-0.2, 0) is 0 Å². The quantitative estimate of drug-likeness (QED) is 0.330. The van der Waals surface area contributed by atoms with Gasteiger partial charge in [0.25, 0.3) is 0 Å². The molecule has 1 nitrogen and oxygen atoms in total. The Balaban J connectivity index is 1.73. The van der Waals surface area contributed by atoms with Gasteiger partial charge < -0.3 is 0 Å². The third kappa shape index (κ3) is 4.16. The van der Waals surface area contributed by atoms with Crippen LogP contribution in [0.1, 0.15) is 96.3 Å². The fraction of sp³-hybridized carbons (Fsp3) is 1.00. The molecule has 1 heterocycles. The monoisotopic (exact) mass is 403 g/mol. The van der Waals surface area contributed by atoms with Gasteiger partial charge >= 0.3 is 0 Å². The van der Waals surface area contributed by atoms with Crippen LogP contribution >= 0.6 is 22.9 Å². The number of halogens is 1. The van der Waals surface area contributed by atoms with Gasteiger partial charge in [-0.05, 0) is 37.5 Å². The number of hydrogen-bond acceptors (Lipinski definition) is 1. The Morgan fingerprint density at radius 3 is 1.24 bits per heavy atom. The normalized spacial score (nSPS) is 40.4. The Bertz CT molecular complexity index is 306. The van der Waals surface area contributed by atoms with E-state index in [-0.39, 0.29) is 0 Å². The SMILES string of the molecule is IN1C2CCCCCCCCC2C2CCCCCCCC21. The molecule has 4 unspecified atom stereocenters. The molecule has 3 aliphatic rings. The molecule has 3 rings (SSSR count). The van der Waals surface area contributed by atoms with Crippen LogP contribution in [0.4, 0.5) is 0 Å². The predicted molar refractivity (Wildman–Crippen MR) is 99.7 cm³/mol. The summed E-state index contributed by atoms with van der Waals surface area (Å²) in [5.74, 6) is 2.06. The Morgan fingerprint density at radius 1 is 0.476 bits per heavy atom. The first-order chi connectivity index (χ1) is 10.4. The van der Waals surface area contributed by atoms with Gasteiger partial charge in [-0.2, -0.15) is 0 Å². The molecule has 21 heavy (non-hydrogen) atoms. The molecule has 3 fully saturated rings. The highest BCUT2D eigenvalue weighted by molar-refractivity contribution is 14.1. The molecule has 0 aromatic heterocycles. The Morgan fingerprint density at radius 2 is 0.810 bits per heavy atom. The number of hydrogen-bond donors (Lipinski definition) is 0. The lowest BCUT2D eigenvalue weighted by Crippen LogP contribution is -2.29. The van der Waals surface area contributed by atoms with Crippen LogP contribution in [0.3, 0.4) is 0 Å². The Labute approximate surface area is 146 Å². The second kappa shape index (κ2) is 8.52. The van der Waals surface area contributed by atoms with E-state index in [1.54, 1.807) is 0 Å². The average molecular weight is 403 g/mol. The Kier molecular flexibility index (Phi) is 6.71. The van der Waals surface area contributed by atoms with Crippen LogP contribution in [0.15, 0.2) is 0 Å². The minimum absolute atomic E-state index is 0.915. The summed E-state index contributed by atoms with van der Waals surface area (Å²) in [6, 6.07) is 1.83. The fourth-order valence-electron chi connectivity index (χ4n) is 5.37. The number of rotatable bonds is 0. The lowest BCUT2D eigenvalue weighted by atomic mass is 9.78. The van der Waals surface area contributed by atoms with Crippen LogP contribution < -0.4 is 0 Å². The van der Waals surface area contributed by atoms with E-state index in [2.05, 4.69) is 26.0 Å². The van der Waals surface area contributed by atoms with E-state index >= 15 is 0 Å². The third-order valence-corrected chi connectivity index (χ3v) is 7.93. The molecule has 0 radical (unpaired) electrons. The second-order valence-corrected chi connectivity index (χ2v) is 8.96. The van der Waals surface area contributed by atoms with Crippen molar-refractivity contribution in [3.05, 3.63) is 0 Å². The lowest BCUT2D eigenvalue weighted by Gasteiger charge is -2.27. The summed E-state index contributed by atoms with van der Waals surface area (Å²) in [4.78, 5) is 0. The fourth-order valence-corrected chi connectivity index (χ4v) is 6.76. The highest BCUT2D eigenvalue weighted by Crippen LogP contribution is 2.47. The molecule has 2 heteroatoms. The molecule has 1 saturated heterocycles. The van der Waals surface area contributed by atoms with Crippen LogP contribution in [0.25, 0.3) is 0 Å². The zero-order valence-corrected chi connectivity index (χ0v) is 15.9. The van der Waals surface area contributed by atoms with E-state index in [0.717, 1.165) is 23.9 Å². The molecule has 4 atom stereocenters. The van der Waals surface area contributed by atoms with E-state index in [0.29, 0.717) is 0 Å². The van der Waals surface area contributed by atoms with Crippen molar-refractivity contribution in [2.75, 3.05) is 0 Å². The third-order valence-electron chi connectivity index (χ3n) is 6.50. The molecule has 0 aromatic carbocycles. The summed E-state index contributed by atoms with van der Waals surface area (Å²) < 4.78 is 2.83. The molecule has 0 spiro atoms. The molecule has 2 saturated carbocycles. The first-order valence-corrected chi connectivity index (χ1v) is 10.8. The van der Waals surface area contributed by atoms with E-state index in [4.69, 9.17) is 0 Å². The van der Waals surface area contributed by atoms with Gasteiger partial charge in [-0.3, -0.25) is 0 Å². The first kappa shape index (κ1) is 16.5. The summed E-state index contributed by atoms with van der Waals surface area (Å²) >= 11 is 2.73. The lowest BCUT2D eigenvalue weighted by molar-refractivity contribution is 0.272. The van der Waals surface area contributed by atoms with E-state index in [1.165, 1.54) is 96.3 Å². The van der Waals surface area contributed by atoms with Gasteiger partial charge in [0.15, 0.2) is 0 Å². The van der Waals surface area contributed by atoms with Crippen molar-refractivity contribution >= 4 is 22.9 Å². The molecule has 0 bridgehead atoms. The first-order valence-electron chi connectivity index (χ1n) is 9.82. The highest BCUT2D eigenvalue weighted by atomic mass is 127. The maximum Gasteiger partial charge on any atom is 0.0228 e. The van der Waals surface area contributed by atoms with Gasteiger partial charge in [-0.15, -0.1) is 0 Å². The molecular formula is C19H34IN. The summed E-state index contributed by atoms with van der Waals surface area (Å²) in [5, 5.41) is 0. The van der Waals surface area contributed by atoms with Gasteiger partial charge in [-0.25, -0.2) is 3.11 Å². The van der Waals surface area contributed by atoms with Crippen molar-refractivity contribution in [1.82, 2.24) is 3.11 Å². The van der Waals surface area contributed by atoms with Crippen LogP contribution in [0.5, 0.6) is 0 Å². The maximum atomic E-state index is 2.83. The molecule has 1 aliphatic heterocycles. The highest BCUT2D eigenvalue weighted by Gasteiger charge is 2.46. The summed E-state index contributed by atoms with van der Waals surface area (Å²) in [5.41, 5.74) is 0. The molecule has 2 aliphatic carbocycles. The van der Waals surface area contributed by atoms with Gasteiger partial charge in [-0.1, -0.05) is 70.6 Å². The smallest absolute Gasteiger partial charge is 0.0228 e. The van der Waals surface area contributed by atoms with Crippen molar-refractivity contribution in [2.45, 2.75) is 108 Å².